The minimum atomic E-state index is -0.273. The number of furan rings is 1. The van der Waals surface area contributed by atoms with Crippen molar-refractivity contribution in [3.63, 3.8) is 0 Å². The number of aromatic nitrogens is 1. The molecule has 0 saturated carbocycles. The van der Waals surface area contributed by atoms with E-state index in [1.54, 1.807) is 42.7 Å². The maximum Gasteiger partial charge on any atom is 0.256 e. The predicted molar refractivity (Wildman–Crippen MR) is 145 cm³/mol. The number of anilines is 1. The highest BCUT2D eigenvalue weighted by Gasteiger charge is 2.27. The Bertz CT molecular complexity index is 1550. The Kier molecular flexibility index (Phi) is 6.70. The molecule has 8 heteroatoms. The number of H-pyrrole nitrogens is 1. The summed E-state index contributed by atoms with van der Waals surface area (Å²) in [6, 6.07) is 18.2. The van der Waals surface area contributed by atoms with Crippen LogP contribution in [0.25, 0.3) is 11.6 Å². The number of nitrogens with one attached hydrogen (secondary N) is 4. The van der Waals surface area contributed by atoms with Gasteiger partial charge < -0.3 is 25.4 Å². The number of aromatic amines is 1. The quantitative estimate of drug-likeness (QED) is 0.259. The third kappa shape index (κ3) is 4.88. The molecule has 0 radical (unpaired) electrons. The predicted octanol–water partition coefficient (Wildman–Crippen LogP) is 5.14. The molecule has 38 heavy (non-hydrogen) atoms. The lowest BCUT2D eigenvalue weighted by Crippen LogP contribution is -2.26. The van der Waals surface area contributed by atoms with E-state index in [1.807, 2.05) is 51.1 Å². The third-order valence-electron chi connectivity index (χ3n) is 6.71. The van der Waals surface area contributed by atoms with Crippen molar-refractivity contribution in [2.75, 3.05) is 5.32 Å². The molecule has 0 fully saturated rings. The summed E-state index contributed by atoms with van der Waals surface area (Å²) < 4.78 is 5.28. The number of rotatable bonds is 7. The highest BCUT2D eigenvalue weighted by molar-refractivity contribution is 6.35. The average Bonchev–Trinajstić information content (AvgIpc) is 3.61. The van der Waals surface area contributed by atoms with Gasteiger partial charge in [-0.25, -0.2) is 0 Å². The van der Waals surface area contributed by atoms with Gasteiger partial charge in [-0.3, -0.25) is 14.4 Å². The summed E-state index contributed by atoms with van der Waals surface area (Å²) in [5.74, 6) is -0.0835. The Balaban J connectivity index is 1.39. The summed E-state index contributed by atoms with van der Waals surface area (Å²) in [6.45, 7) is 5.85. The lowest BCUT2D eigenvalue weighted by molar-refractivity contribution is -0.110. The maximum atomic E-state index is 13.0. The van der Waals surface area contributed by atoms with Crippen LogP contribution in [0.5, 0.6) is 0 Å². The van der Waals surface area contributed by atoms with Gasteiger partial charge in [0.1, 0.15) is 5.76 Å². The average molecular weight is 509 g/mol. The lowest BCUT2D eigenvalue weighted by Gasteiger charge is -2.14. The zero-order valence-corrected chi connectivity index (χ0v) is 21.3. The van der Waals surface area contributed by atoms with Crippen LogP contribution in [0.1, 0.15) is 67.5 Å². The van der Waals surface area contributed by atoms with Gasteiger partial charge in [0.05, 0.1) is 30.0 Å². The zero-order chi connectivity index (χ0) is 26.8. The number of carbonyl (C=O) groups is 3. The second-order valence-corrected chi connectivity index (χ2v) is 9.30. The van der Waals surface area contributed by atoms with E-state index in [2.05, 4.69) is 20.9 Å². The normalized spacial score (nSPS) is 14.2. The van der Waals surface area contributed by atoms with Crippen molar-refractivity contribution < 1.29 is 18.8 Å². The van der Waals surface area contributed by atoms with Crippen LogP contribution >= 0.6 is 0 Å². The van der Waals surface area contributed by atoms with Crippen molar-refractivity contribution in [2.24, 2.45) is 0 Å². The molecule has 2 aromatic heterocycles. The molecule has 3 amide bonds. The highest BCUT2D eigenvalue weighted by atomic mass is 16.3. The van der Waals surface area contributed by atoms with Crippen LogP contribution in [0.3, 0.4) is 0 Å². The number of aryl methyl sites for hydroxylation is 1. The molecule has 1 aliphatic heterocycles. The molecular formula is C30H28N4O4. The van der Waals surface area contributed by atoms with Gasteiger partial charge >= 0.3 is 0 Å². The third-order valence-corrected chi connectivity index (χ3v) is 6.71. The van der Waals surface area contributed by atoms with E-state index < -0.39 is 0 Å². The second kappa shape index (κ2) is 10.3. The van der Waals surface area contributed by atoms with Crippen LogP contribution in [0.4, 0.5) is 5.69 Å². The van der Waals surface area contributed by atoms with Crippen LogP contribution in [0, 0.1) is 13.8 Å². The van der Waals surface area contributed by atoms with Gasteiger partial charge in [-0.05, 0) is 68.3 Å². The van der Waals surface area contributed by atoms with Crippen molar-refractivity contribution in [3.8, 4) is 0 Å². The Morgan fingerprint density at radius 2 is 1.82 bits per heavy atom. The van der Waals surface area contributed by atoms with Crippen LogP contribution in [0.15, 0.2) is 71.3 Å². The van der Waals surface area contributed by atoms with Crippen LogP contribution in [-0.4, -0.2) is 22.7 Å². The molecule has 0 spiro atoms. The van der Waals surface area contributed by atoms with Gasteiger partial charge in [0, 0.05) is 28.2 Å². The number of hydrogen-bond donors (Lipinski definition) is 4. The van der Waals surface area contributed by atoms with Gasteiger partial charge in [-0.15, -0.1) is 0 Å². The van der Waals surface area contributed by atoms with Crippen molar-refractivity contribution in [1.29, 1.82) is 0 Å². The molecular weight excluding hydrogens is 480 g/mol. The summed E-state index contributed by atoms with van der Waals surface area (Å²) in [5.41, 5.74) is 5.70. The Labute approximate surface area is 220 Å². The lowest BCUT2D eigenvalue weighted by atomic mass is 10.0. The molecule has 4 N–H and O–H groups in total. The van der Waals surface area contributed by atoms with Crippen LogP contribution in [0.2, 0.25) is 0 Å². The molecule has 192 valence electrons. The molecule has 5 rings (SSSR count). The minimum Gasteiger partial charge on any atom is -0.467 e. The van der Waals surface area contributed by atoms with Crippen LogP contribution in [-0.2, 0) is 11.3 Å². The monoisotopic (exact) mass is 508 g/mol. The first kappa shape index (κ1) is 24.8. The molecule has 3 heterocycles. The fraction of sp³-hybridized carbons (Fsp3) is 0.167. The molecule has 1 aliphatic rings. The Morgan fingerprint density at radius 1 is 1.03 bits per heavy atom. The van der Waals surface area contributed by atoms with E-state index in [1.165, 1.54) is 0 Å². The topological polar surface area (TPSA) is 116 Å². The standard InChI is InChI=1S/C30H28N4O4/c1-17-26(32-19(3)27(17)30(37)31-16-22-10-7-13-38-22)15-24-23-14-21(11-12-25(23)34-29(24)36)28(35)33-18(2)20-8-5-4-6-9-20/h4-15,18,32H,16H2,1-3H3,(H,31,37)(H,33,35)(H,34,36)/b24-15-. The fourth-order valence-corrected chi connectivity index (χ4v) is 4.65. The summed E-state index contributed by atoms with van der Waals surface area (Å²) in [4.78, 5) is 42.0. The minimum absolute atomic E-state index is 0.173. The number of carbonyl (C=O) groups excluding carboxylic acids is 3. The van der Waals surface area contributed by atoms with Gasteiger partial charge in [-0.1, -0.05) is 30.3 Å². The maximum absolute atomic E-state index is 13.0. The molecule has 0 aliphatic carbocycles. The molecule has 1 unspecified atom stereocenters. The number of amides is 3. The van der Waals surface area contributed by atoms with Crippen molar-refractivity contribution in [1.82, 2.24) is 15.6 Å². The van der Waals surface area contributed by atoms with E-state index in [9.17, 15) is 14.4 Å². The zero-order valence-electron chi connectivity index (χ0n) is 21.3. The van der Waals surface area contributed by atoms with Crippen molar-refractivity contribution in [3.05, 3.63) is 112 Å². The SMILES string of the molecule is Cc1[nH]c(/C=C2\C(=O)Nc3ccc(C(=O)NC(C)c4ccccc4)cc32)c(C)c1C(=O)NCc1ccco1. The van der Waals surface area contributed by atoms with Gasteiger partial charge in [0.15, 0.2) is 0 Å². The van der Waals surface area contributed by atoms with Crippen LogP contribution < -0.4 is 16.0 Å². The largest absolute Gasteiger partial charge is 0.467 e. The first-order chi connectivity index (χ1) is 18.3. The molecule has 4 aromatic rings. The molecule has 0 bridgehead atoms. The van der Waals surface area contributed by atoms with E-state index >= 15 is 0 Å². The van der Waals surface area contributed by atoms with Crippen molar-refractivity contribution >= 4 is 35.1 Å². The van der Waals surface area contributed by atoms with Gasteiger partial charge in [-0.2, -0.15) is 0 Å². The number of hydrogen-bond acceptors (Lipinski definition) is 4. The molecule has 1 atom stereocenters. The number of fused-ring (bicyclic) bond motifs is 1. The van der Waals surface area contributed by atoms with E-state index in [0.717, 1.165) is 11.1 Å². The Morgan fingerprint density at radius 3 is 2.55 bits per heavy atom. The van der Waals surface area contributed by atoms with Gasteiger partial charge in [0.2, 0.25) is 0 Å². The summed E-state index contributed by atoms with van der Waals surface area (Å²) in [7, 11) is 0. The molecule has 8 nitrogen and oxygen atoms in total. The summed E-state index contributed by atoms with van der Waals surface area (Å²) in [6.07, 6.45) is 3.28. The highest BCUT2D eigenvalue weighted by Crippen LogP contribution is 2.35. The molecule has 2 aromatic carbocycles. The van der Waals surface area contributed by atoms with Gasteiger partial charge in [0.25, 0.3) is 17.7 Å². The first-order valence-electron chi connectivity index (χ1n) is 12.3. The second-order valence-electron chi connectivity index (χ2n) is 9.30. The van der Waals surface area contributed by atoms with E-state index in [-0.39, 0.29) is 30.3 Å². The van der Waals surface area contributed by atoms with E-state index in [0.29, 0.717) is 45.1 Å². The summed E-state index contributed by atoms with van der Waals surface area (Å²) >= 11 is 0. The number of benzene rings is 2. The fourth-order valence-electron chi connectivity index (χ4n) is 4.65. The summed E-state index contributed by atoms with van der Waals surface area (Å²) in [5, 5.41) is 8.73. The Hall–Kier alpha value is -4.85. The molecule has 0 saturated heterocycles. The van der Waals surface area contributed by atoms with Crippen molar-refractivity contribution in [2.45, 2.75) is 33.4 Å². The first-order valence-corrected chi connectivity index (χ1v) is 12.3. The smallest absolute Gasteiger partial charge is 0.256 e. The van der Waals surface area contributed by atoms with E-state index in [4.69, 9.17) is 4.42 Å².